The van der Waals surface area contributed by atoms with Gasteiger partial charge in [0.25, 0.3) is 0 Å². The molecule has 0 aliphatic heterocycles. The Morgan fingerprint density at radius 2 is 1.96 bits per heavy atom. The van der Waals surface area contributed by atoms with Crippen molar-refractivity contribution in [1.82, 2.24) is 10.3 Å². The van der Waals surface area contributed by atoms with Crippen LogP contribution in [0.4, 0.5) is 4.39 Å². The molecule has 3 nitrogen and oxygen atoms in total. The SMILES string of the molecule is CCc1cccc2c(C(CC(=O)NC(C)CC)c3cccc(F)c3)c[nH]c12. The van der Waals surface area contributed by atoms with Gasteiger partial charge in [-0.2, -0.15) is 0 Å². The topological polar surface area (TPSA) is 44.9 Å². The fourth-order valence-electron chi connectivity index (χ4n) is 3.57. The molecule has 3 aromatic rings. The molecule has 0 bridgehead atoms. The Hall–Kier alpha value is -2.62. The van der Waals surface area contributed by atoms with Gasteiger partial charge in [0, 0.05) is 35.5 Å². The Morgan fingerprint density at radius 1 is 1.19 bits per heavy atom. The third kappa shape index (κ3) is 4.21. The number of aromatic nitrogens is 1. The maximum Gasteiger partial charge on any atom is 0.221 e. The number of aryl methyl sites for hydroxylation is 1. The normalized spacial score (nSPS) is 13.5. The fourth-order valence-corrected chi connectivity index (χ4v) is 3.57. The first-order chi connectivity index (χ1) is 13.0. The highest BCUT2D eigenvalue weighted by Gasteiger charge is 2.23. The summed E-state index contributed by atoms with van der Waals surface area (Å²) in [7, 11) is 0. The van der Waals surface area contributed by atoms with E-state index in [0.717, 1.165) is 34.9 Å². The molecule has 1 heterocycles. The molecular formula is C23H27FN2O. The van der Waals surface area contributed by atoms with Gasteiger partial charge in [0.1, 0.15) is 5.82 Å². The lowest BCUT2D eigenvalue weighted by Crippen LogP contribution is -2.33. The number of H-pyrrole nitrogens is 1. The molecule has 3 rings (SSSR count). The largest absolute Gasteiger partial charge is 0.361 e. The molecule has 2 aromatic carbocycles. The summed E-state index contributed by atoms with van der Waals surface area (Å²) in [4.78, 5) is 16.0. The zero-order valence-electron chi connectivity index (χ0n) is 16.2. The second kappa shape index (κ2) is 8.38. The maximum atomic E-state index is 13.9. The monoisotopic (exact) mass is 366 g/mol. The van der Waals surface area contributed by atoms with Gasteiger partial charge in [-0.1, -0.05) is 44.2 Å². The Morgan fingerprint density at radius 3 is 2.67 bits per heavy atom. The van der Waals surface area contributed by atoms with Crippen LogP contribution >= 0.6 is 0 Å². The number of benzene rings is 2. The maximum absolute atomic E-state index is 13.9. The van der Waals surface area contributed by atoms with Gasteiger partial charge in [-0.05, 0) is 48.6 Å². The van der Waals surface area contributed by atoms with Crippen molar-refractivity contribution in [1.29, 1.82) is 0 Å². The van der Waals surface area contributed by atoms with Gasteiger partial charge in [-0.25, -0.2) is 4.39 Å². The molecule has 1 amide bonds. The van der Waals surface area contributed by atoms with Gasteiger partial charge in [0.05, 0.1) is 0 Å². The first-order valence-electron chi connectivity index (χ1n) is 9.67. The molecule has 1 aromatic heterocycles. The van der Waals surface area contributed by atoms with Crippen LogP contribution in [0.2, 0.25) is 0 Å². The van der Waals surface area contributed by atoms with Crippen LogP contribution in [0.5, 0.6) is 0 Å². The molecule has 4 heteroatoms. The first kappa shape index (κ1) is 19.2. The average Bonchev–Trinajstić information content (AvgIpc) is 3.09. The minimum atomic E-state index is -0.283. The van der Waals surface area contributed by atoms with Crippen molar-refractivity contribution in [2.45, 2.75) is 52.0 Å². The van der Waals surface area contributed by atoms with Crippen LogP contribution in [-0.4, -0.2) is 16.9 Å². The Labute approximate surface area is 160 Å². The zero-order valence-corrected chi connectivity index (χ0v) is 16.2. The van der Waals surface area contributed by atoms with E-state index < -0.39 is 0 Å². The lowest BCUT2D eigenvalue weighted by molar-refractivity contribution is -0.121. The summed E-state index contributed by atoms with van der Waals surface area (Å²) in [6, 6.07) is 12.9. The zero-order chi connectivity index (χ0) is 19.4. The second-order valence-corrected chi connectivity index (χ2v) is 7.13. The number of amides is 1. The van der Waals surface area contributed by atoms with Gasteiger partial charge in [-0.3, -0.25) is 4.79 Å². The van der Waals surface area contributed by atoms with E-state index in [1.165, 1.54) is 17.7 Å². The number of aromatic amines is 1. The van der Waals surface area contributed by atoms with Crippen molar-refractivity contribution in [3.05, 3.63) is 71.2 Å². The number of hydrogen-bond acceptors (Lipinski definition) is 1. The van der Waals surface area contributed by atoms with E-state index in [4.69, 9.17) is 0 Å². The molecule has 0 saturated carbocycles. The summed E-state index contributed by atoms with van der Waals surface area (Å²) in [6.07, 6.45) is 4.06. The van der Waals surface area contributed by atoms with E-state index >= 15 is 0 Å². The number of rotatable bonds is 7. The van der Waals surface area contributed by atoms with E-state index in [1.807, 2.05) is 32.2 Å². The molecule has 142 valence electrons. The van der Waals surface area contributed by atoms with Crippen molar-refractivity contribution in [3.8, 4) is 0 Å². The summed E-state index contributed by atoms with van der Waals surface area (Å²) in [6.45, 7) is 6.16. The summed E-state index contributed by atoms with van der Waals surface area (Å²) in [5.74, 6) is -0.501. The van der Waals surface area contributed by atoms with Crippen LogP contribution in [0.15, 0.2) is 48.7 Å². The van der Waals surface area contributed by atoms with Crippen molar-refractivity contribution < 1.29 is 9.18 Å². The number of halogens is 1. The lowest BCUT2D eigenvalue weighted by atomic mass is 9.87. The van der Waals surface area contributed by atoms with E-state index in [-0.39, 0.29) is 30.1 Å². The molecule has 0 fully saturated rings. The molecule has 2 unspecified atom stereocenters. The number of carbonyl (C=O) groups excluding carboxylic acids is 1. The standard InChI is InChI=1S/C23H27FN2O/c1-4-15(3)26-22(27)13-20(17-9-6-10-18(24)12-17)21-14-25-23-16(5-2)8-7-11-19(21)23/h6-12,14-15,20,25H,4-5,13H2,1-3H3,(H,26,27). The van der Waals surface area contributed by atoms with Gasteiger partial charge in [0.15, 0.2) is 0 Å². The molecule has 27 heavy (non-hydrogen) atoms. The molecule has 0 radical (unpaired) electrons. The molecule has 2 N–H and O–H groups in total. The molecule has 0 spiro atoms. The molecule has 2 atom stereocenters. The average molecular weight is 366 g/mol. The third-order valence-corrected chi connectivity index (χ3v) is 5.25. The summed E-state index contributed by atoms with van der Waals surface area (Å²) < 4.78 is 13.9. The highest BCUT2D eigenvalue weighted by Crippen LogP contribution is 2.34. The lowest BCUT2D eigenvalue weighted by Gasteiger charge is -2.19. The number of carbonyl (C=O) groups is 1. The van der Waals surface area contributed by atoms with E-state index in [1.54, 1.807) is 6.07 Å². The predicted octanol–water partition coefficient (Wildman–Crippen LogP) is 5.31. The quantitative estimate of drug-likeness (QED) is 0.585. The van der Waals surface area contributed by atoms with Crippen LogP contribution in [-0.2, 0) is 11.2 Å². The van der Waals surface area contributed by atoms with Crippen LogP contribution in [0.3, 0.4) is 0 Å². The van der Waals surface area contributed by atoms with Crippen LogP contribution < -0.4 is 5.32 Å². The van der Waals surface area contributed by atoms with Gasteiger partial charge in [-0.15, -0.1) is 0 Å². The van der Waals surface area contributed by atoms with E-state index in [9.17, 15) is 9.18 Å². The van der Waals surface area contributed by atoms with Gasteiger partial charge >= 0.3 is 0 Å². The molecule has 0 aliphatic carbocycles. The number of hydrogen-bond donors (Lipinski definition) is 2. The minimum Gasteiger partial charge on any atom is -0.361 e. The Balaban J connectivity index is 2.03. The predicted molar refractivity (Wildman–Crippen MR) is 108 cm³/mol. The van der Waals surface area contributed by atoms with Crippen molar-refractivity contribution in [2.24, 2.45) is 0 Å². The smallest absolute Gasteiger partial charge is 0.221 e. The van der Waals surface area contributed by atoms with Crippen LogP contribution in [0, 0.1) is 5.82 Å². The Kier molecular flexibility index (Phi) is 5.94. The highest BCUT2D eigenvalue weighted by atomic mass is 19.1. The van der Waals surface area contributed by atoms with Crippen molar-refractivity contribution in [3.63, 3.8) is 0 Å². The second-order valence-electron chi connectivity index (χ2n) is 7.13. The molecule has 0 aliphatic rings. The summed E-state index contributed by atoms with van der Waals surface area (Å²) >= 11 is 0. The fraction of sp³-hybridized carbons (Fsp3) is 0.348. The van der Waals surface area contributed by atoms with E-state index in [2.05, 4.69) is 29.4 Å². The molecular weight excluding hydrogens is 339 g/mol. The number of nitrogens with one attached hydrogen (secondary N) is 2. The van der Waals surface area contributed by atoms with Crippen molar-refractivity contribution >= 4 is 16.8 Å². The Bertz CT molecular complexity index is 931. The summed E-state index contributed by atoms with van der Waals surface area (Å²) in [5.41, 5.74) is 4.18. The number of para-hydroxylation sites is 1. The van der Waals surface area contributed by atoms with Gasteiger partial charge in [0.2, 0.25) is 5.91 Å². The summed E-state index contributed by atoms with van der Waals surface area (Å²) in [5, 5.41) is 4.13. The first-order valence-corrected chi connectivity index (χ1v) is 9.67. The molecule has 0 saturated heterocycles. The highest BCUT2D eigenvalue weighted by molar-refractivity contribution is 5.88. The van der Waals surface area contributed by atoms with Crippen molar-refractivity contribution in [2.75, 3.05) is 0 Å². The van der Waals surface area contributed by atoms with Crippen LogP contribution in [0.1, 0.15) is 56.2 Å². The number of fused-ring (bicyclic) bond motifs is 1. The third-order valence-electron chi connectivity index (χ3n) is 5.25. The van der Waals surface area contributed by atoms with Gasteiger partial charge < -0.3 is 10.3 Å². The van der Waals surface area contributed by atoms with Crippen LogP contribution in [0.25, 0.3) is 10.9 Å². The minimum absolute atomic E-state index is 0.0143. The van der Waals surface area contributed by atoms with E-state index in [0.29, 0.717) is 0 Å².